The van der Waals surface area contributed by atoms with Crippen molar-refractivity contribution in [2.45, 2.75) is 6.92 Å². The molecule has 0 bridgehead atoms. The number of carbonyl (C=O) groups is 2. The second-order valence-electron chi connectivity index (χ2n) is 4.85. The first-order valence-corrected chi connectivity index (χ1v) is 7.34. The van der Waals surface area contributed by atoms with Gasteiger partial charge in [0.2, 0.25) is 0 Å². The lowest BCUT2D eigenvalue weighted by molar-refractivity contribution is 0.0602. The van der Waals surface area contributed by atoms with Crippen molar-refractivity contribution in [3.05, 3.63) is 49.1 Å². The number of carbonyl (C=O) groups excluding carboxylic acids is 2. The number of nitrogens with zero attached hydrogens (tertiary/aromatic N) is 2. The summed E-state index contributed by atoms with van der Waals surface area (Å²) in [6.45, 7) is 1.78. The number of thiophene rings is 1. The summed E-state index contributed by atoms with van der Waals surface area (Å²) in [5.41, 5.74) is -1.23. The number of hydrogen-bond acceptors (Lipinski definition) is 6. The smallest absolute Gasteiger partial charge is 0.340 e. The molecule has 122 valence electrons. The van der Waals surface area contributed by atoms with Gasteiger partial charge in [0.25, 0.3) is 11.5 Å². The number of anilines is 1. The summed E-state index contributed by atoms with van der Waals surface area (Å²) in [5.74, 6) is -1.29. The molecule has 0 aliphatic rings. The van der Waals surface area contributed by atoms with Gasteiger partial charge in [-0.25, -0.2) is 9.59 Å². The molecule has 9 heteroatoms. The maximum absolute atomic E-state index is 12.3. The van der Waals surface area contributed by atoms with Crippen molar-refractivity contribution in [1.29, 1.82) is 0 Å². The standard InChI is InChI=1S/C14H15N3O5S/c1-7-5-8(13(20)22-4)11(23-7)15-10(18)9-6-16(2)14(21)17(3)12(9)19/h5-6H,1-4H3,(H,15,18). The lowest BCUT2D eigenvalue weighted by atomic mass is 10.2. The van der Waals surface area contributed by atoms with Gasteiger partial charge in [0, 0.05) is 25.2 Å². The predicted octanol–water partition coefficient (Wildman–Crippen LogP) is 0.493. The van der Waals surface area contributed by atoms with Crippen LogP contribution in [0.25, 0.3) is 0 Å². The number of ether oxygens (including phenoxy) is 1. The predicted molar refractivity (Wildman–Crippen MR) is 85.3 cm³/mol. The highest BCUT2D eigenvalue weighted by atomic mass is 32.1. The van der Waals surface area contributed by atoms with Crippen molar-refractivity contribution in [1.82, 2.24) is 9.13 Å². The van der Waals surface area contributed by atoms with Crippen LogP contribution in [0.2, 0.25) is 0 Å². The minimum Gasteiger partial charge on any atom is -0.465 e. The summed E-state index contributed by atoms with van der Waals surface area (Å²) in [6, 6.07) is 1.59. The number of hydrogen-bond donors (Lipinski definition) is 1. The number of methoxy groups -OCH3 is 1. The lowest BCUT2D eigenvalue weighted by Gasteiger charge is -2.07. The minimum absolute atomic E-state index is 0.198. The highest BCUT2D eigenvalue weighted by Crippen LogP contribution is 2.28. The van der Waals surface area contributed by atoms with E-state index < -0.39 is 23.1 Å². The Balaban J connectivity index is 2.44. The van der Waals surface area contributed by atoms with Crippen LogP contribution in [0.15, 0.2) is 21.9 Å². The summed E-state index contributed by atoms with van der Waals surface area (Å²) >= 11 is 1.19. The largest absolute Gasteiger partial charge is 0.465 e. The Kier molecular flexibility index (Phi) is 4.50. The molecular weight excluding hydrogens is 322 g/mol. The maximum atomic E-state index is 12.3. The molecule has 0 saturated carbocycles. The molecule has 0 aliphatic carbocycles. The highest BCUT2D eigenvalue weighted by Gasteiger charge is 2.20. The molecule has 0 saturated heterocycles. The quantitative estimate of drug-likeness (QED) is 0.822. The van der Waals surface area contributed by atoms with Crippen LogP contribution in [-0.2, 0) is 18.8 Å². The molecule has 2 aromatic rings. The Bertz CT molecular complexity index is 906. The Hall–Kier alpha value is -2.68. The topological polar surface area (TPSA) is 99.4 Å². The first-order chi connectivity index (χ1) is 10.8. The third-order valence-corrected chi connectivity index (χ3v) is 4.14. The molecule has 1 amide bonds. The summed E-state index contributed by atoms with van der Waals surface area (Å²) < 4.78 is 6.64. The molecule has 0 radical (unpaired) electrons. The van der Waals surface area contributed by atoms with E-state index in [0.717, 1.165) is 20.2 Å². The van der Waals surface area contributed by atoms with Crippen molar-refractivity contribution >= 4 is 28.2 Å². The summed E-state index contributed by atoms with van der Waals surface area (Å²) in [6.07, 6.45) is 1.16. The third kappa shape index (κ3) is 3.09. The molecule has 0 atom stereocenters. The van der Waals surface area contributed by atoms with Crippen LogP contribution in [0, 0.1) is 6.92 Å². The van der Waals surface area contributed by atoms with Crippen LogP contribution in [0.4, 0.5) is 5.00 Å². The van der Waals surface area contributed by atoms with E-state index in [0.29, 0.717) is 0 Å². The highest BCUT2D eigenvalue weighted by molar-refractivity contribution is 7.16. The molecule has 1 N–H and O–H groups in total. The maximum Gasteiger partial charge on any atom is 0.340 e. The SMILES string of the molecule is COC(=O)c1cc(C)sc1NC(=O)c1cn(C)c(=O)n(C)c1=O. The van der Waals surface area contributed by atoms with Gasteiger partial charge in [-0.2, -0.15) is 0 Å². The zero-order chi connectivity index (χ0) is 17.3. The first-order valence-electron chi connectivity index (χ1n) is 6.53. The minimum atomic E-state index is -0.710. The molecule has 0 aromatic carbocycles. The van der Waals surface area contributed by atoms with E-state index in [2.05, 4.69) is 10.1 Å². The third-order valence-electron chi connectivity index (χ3n) is 3.18. The molecule has 0 spiro atoms. The number of aryl methyl sites for hydroxylation is 2. The first kappa shape index (κ1) is 16.7. The second kappa shape index (κ2) is 6.21. The van der Waals surface area contributed by atoms with Crippen molar-refractivity contribution in [2.24, 2.45) is 14.1 Å². The van der Waals surface area contributed by atoms with Crippen LogP contribution >= 0.6 is 11.3 Å². The molecule has 2 rings (SSSR count). The van der Waals surface area contributed by atoms with Gasteiger partial charge in [0.1, 0.15) is 10.6 Å². The van der Waals surface area contributed by atoms with Gasteiger partial charge in [0.15, 0.2) is 0 Å². The summed E-state index contributed by atoms with van der Waals surface area (Å²) in [4.78, 5) is 48.5. The second-order valence-corrected chi connectivity index (χ2v) is 6.10. The molecule has 23 heavy (non-hydrogen) atoms. The summed E-state index contributed by atoms with van der Waals surface area (Å²) in [7, 11) is 3.97. The monoisotopic (exact) mass is 337 g/mol. The van der Waals surface area contributed by atoms with Gasteiger partial charge in [-0.3, -0.25) is 14.2 Å². The Morgan fingerprint density at radius 1 is 1.22 bits per heavy atom. The zero-order valence-corrected chi connectivity index (χ0v) is 13.8. The molecule has 2 heterocycles. The lowest BCUT2D eigenvalue weighted by Crippen LogP contribution is -2.40. The van der Waals surface area contributed by atoms with Gasteiger partial charge in [0.05, 0.1) is 12.7 Å². The van der Waals surface area contributed by atoms with Crippen LogP contribution < -0.4 is 16.6 Å². The van der Waals surface area contributed by atoms with Crippen molar-refractivity contribution in [3.63, 3.8) is 0 Å². The van der Waals surface area contributed by atoms with Gasteiger partial charge in [-0.15, -0.1) is 11.3 Å². The number of amides is 1. The summed E-state index contributed by atoms with van der Waals surface area (Å²) in [5, 5.41) is 2.81. The molecule has 2 aromatic heterocycles. The van der Waals surface area contributed by atoms with E-state index in [-0.39, 0.29) is 16.1 Å². The van der Waals surface area contributed by atoms with Gasteiger partial charge < -0.3 is 14.6 Å². The number of nitrogens with one attached hydrogen (secondary N) is 1. The average Bonchev–Trinajstić information content (AvgIpc) is 2.88. The number of aromatic nitrogens is 2. The van der Waals surface area contributed by atoms with E-state index in [4.69, 9.17) is 0 Å². The fourth-order valence-corrected chi connectivity index (χ4v) is 2.90. The van der Waals surface area contributed by atoms with E-state index >= 15 is 0 Å². The zero-order valence-electron chi connectivity index (χ0n) is 13.0. The van der Waals surface area contributed by atoms with E-state index in [1.807, 2.05) is 0 Å². The van der Waals surface area contributed by atoms with Crippen molar-refractivity contribution in [2.75, 3.05) is 12.4 Å². The normalized spacial score (nSPS) is 10.4. The Morgan fingerprint density at radius 3 is 2.48 bits per heavy atom. The van der Waals surface area contributed by atoms with Gasteiger partial charge in [-0.05, 0) is 13.0 Å². The fraction of sp³-hybridized carbons (Fsp3) is 0.286. The molecule has 0 fully saturated rings. The van der Waals surface area contributed by atoms with Crippen LogP contribution in [-0.4, -0.2) is 28.1 Å². The van der Waals surface area contributed by atoms with E-state index in [9.17, 15) is 19.2 Å². The van der Waals surface area contributed by atoms with Gasteiger partial charge in [-0.1, -0.05) is 0 Å². The van der Waals surface area contributed by atoms with Crippen molar-refractivity contribution < 1.29 is 14.3 Å². The average molecular weight is 337 g/mol. The fourth-order valence-electron chi connectivity index (χ4n) is 2.00. The molecule has 0 aliphatic heterocycles. The molecule has 0 unspecified atom stereocenters. The van der Waals surface area contributed by atoms with E-state index in [1.165, 1.54) is 32.5 Å². The van der Waals surface area contributed by atoms with Crippen molar-refractivity contribution in [3.8, 4) is 0 Å². The van der Waals surface area contributed by atoms with Crippen LogP contribution in [0.3, 0.4) is 0 Å². The Labute approximate surface area is 134 Å². The van der Waals surface area contributed by atoms with Gasteiger partial charge >= 0.3 is 11.7 Å². The van der Waals surface area contributed by atoms with Crippen LogP contribution in [0.1, 0.15) is 25.6 Å². The number of rotatable bonds is 3. The number of esters is 1. The molecular formula is C14H15N3O5S. The van der Waals surface area contributed by atoms with E-state index in [1.54, 1.807) is 13.0 Å². The Morgan fingerprint density at radius 2 is 1.87 bits per heavy atom. The van der Waals surface area contributed by atoms with Crippen LogP contribution in [0.5, 0.6) is 0 Å². The molecule has 8 nitrogen and oxygen atoms in total.